The van der Waals surface area contributed by atoms with Crippen LogP contribution in [-0.4, -0.2) is 16.0 Å². The van der Waals surface area contributed by atoms with Crippen molar-refractivity contribution in [3.05, 3.63) is 53.6 Å². The third-order valence-corrected chi connectivity index (χ3v) is 3.08. The summed E-state index contributed by atoms with van der Waals surface area (Å²) in [5.74, 6) is 0.620. The second-order valence-corrected chi connectivity index (χ2v) is 4.65. The van der Waals surface area contributed by atoms with Crippen LogP contribution in [0.2, 0.25) is 0 Å². The van der Waals surface area contributed by atoms with Gasteiger partial charge in [0.1, 0.15) is 12.4 Å². The summed E-state index contributed by atoms with van der Waals surface area (Å²) in [6.07, 6.45) is 0.432. The topological polar surface area (TPSA) is 50.6 Å². The lowest BCUT2D eigenvalue weighted by atomic mass is 10.1. The number of halogens is 3. The largest absolute Gasteiger partial charge is 0.416 e. The van der Waals surface area contributed by atoms with Gasteiger partial charge >= 0.3 is 12.0 Å². The van der Waals surface area contributed by atoms with E-state index in [-0.39, 0.29) is 13.3 Å². The van der Waals surface area contributed by atoms with E-state index in [9.17, 15) is 13.2 Å². The number of nitrogens with zero attached hydrogens (tertiary/aromatic N) is 3. The summed E-state index contributed by atoms with van der Waals surface area (Å²) in [7, 11) is 1.78. The Labute approximate surface area is 124 Å². The number of ether oxygens (including phenoxy) is 1. The SMILES string of the molecule is C[n+]1ccn(COCc2ccc(C(F)(F)F)cc2)c1/C=N/O. The first kappa shape index (κ1) is 16.0. The van der Waals surface area contributed by atoms with Crippen LogP contribution in [-0.2, 0) is 31.3 Å². The molecule has 2 aromatic rings. The normalized spacial score (nSPS) is 12.2. The number of benzene rings is 1. The molecule has 5 nitrogen and oxygen atoms in total. The molecule has 118 valence electrons. The van der Waals surface area contributed by atoms with Crippen molar-refractivity contribution in [2.24, 2.45) is 12.2 Å². The lowest BCUT2D eigenvalue weighted by Crippen LogP contribution is -2.32. The molecule has 1 N–H and O–H groups in total. The maximum absolute atomic E-state index is 12.4. The Morgan fingerprint density at radius 3 is 2.59 bits per heavy atom. The van der Waals surface area contributed by atoms with Gasteiger partial charge in [0.2, 0.25) is 0 Å². The minimum Gasteiger partial charge on any atom is -0.411 e. The maximum atomic E-state index is 12.4. The molecule has 0 aliphatic rings. The molecule has 0 saturated heterocycles. The fraction of sp³-hybridized carbons (Fsp3) is 0.286. The molecular weight excluding hydrogens is 299 g/mol. The van der Waals surface area contributed by atoms with Gasteiger partial charge in [-0.05, 0) is 17.7 Å². The average Bonchev–Trinajstić information content (AvgIpc) is 2.80. The van der Waals surface area contributed by atoms with Crippen molar-refractivity contribution in [1.82, 2.24) is 4.57 Å². The van der Waals surface area contributed by atoms with Crippen LogP contribution in [0.3, 0.4) is 0 Å². The molecule has 22 heavy (non-hydrogen) atoms. The van der Waals surface area contributed by atoms with Crippen LogP contribution in [0, 0.1) is 0 Å². The van der Waals surface area contributed by atoms with Crippen molar-refractivity contribution >= 4 is 6.21 Å². The van der Waals surface area contributed by atoms with Crippen molar-refractivity contribution in [1.29, 1.82) is 0 Å². The molecule has 0 radical (unpaired) electrons. The molecule has 8 heteroatoms. The highest BCUT2D eigenvalue weighted by Gasteiger charge is 2.29. The summed E-state index contributed by atoms with van der Waals surface area (Å²) in [6.45, 7) is 0.360. The number of alkyl halides is 3. The minimum absolute atomic E-state index is 0.176. The second kappa shape index (κ2) is 6.61. The fourth-order valence-electron chi connectivity index (χ4n) is 1.91. The quantitative estimate of drug-likeness (QED) is 0.398. The number of aryl methyl sites for hydroxylation is 1. The van der Waals surface area contributed by atoms with Crippen LogP contribution >= 0.6 is 0 Å². The van der Waals surface area contributed by atoms with Gasteiger partial charge in [0.25, 0.3) is 0 Å². The lowest BCUT2D eigenvalue weighted by Gasteiger charge is -2.07. The summed E-state index contributed by atoms with van der Waals surface area (Å²) in [4.78, 5) is 0. The number of aromatic nitrogens is 2. The van der Waals surface area contributed by atoms with E-state index in [1.54, 1.807) is 28.6 Å². The molecule has 1 aromatic carbocycles. The molecule has 0 atom stereocenters. The molecule has 1 aromatic heterocycles. The van der Waals surface area contributed by atoms with E-state index < -0.39 is 11.7 Å². The highest BCUT2D eigenvalue weighted by molar-refractivity contribution is 5.72. The first-order valence-electron chi connectivity index (χ1n) is 6.38. The molecule has 0 spiro atoms. The van der Waals surface area contributed by atoms with Crippen LogP contribution in [0.25, 0.3) is 0 Å². The van der Waals surface area contributed by atoms with Crippen LogP contribution < -0.4 is 4.57 Å². The number of hydrogen-bond acceptors (Lipinski definition) is 3. The summed E-state index contributed by atoms with van der Waals surface area (Å²) in [5, 5.41) is 11.6. The van der Waals surface area contributed by atoms with Gasteiger partial charge in [-0.2, -0.15) is 13.2 Å². The van der Waals surface area contributed by atoms with E-state index in [4.69, 9.17) is 9.94 Å². The van der Waals surface area contributed by atoms with Crippen molar-refractivity contribution in [2.45, 2.75) is 19.5 Å². The molecule has 0 aliphatic heterocycles. The summed E-state index contributed by atoms with van der Waals surface area (Å²) >= 11 is 0. The van der Waals surface area contributed by atoms with Crippen LogP contribution in [0.4, 0.5) is 13.2 Å². The molecule has 2 rings (SSSR count). The van der Waals surface area contributed by atoms with E-state index in [0.29, 0.717) is 11.4 Å². The third-order valence-electron chi connectivity index (χ3n) is 3.08. The monoisotopic (exact) mass is 314 g/mol. The lowest BCUT2D eigenvalue weighted by molar-refractivity contribution is -0.672. The Morgan fingerprint density at radius 2 is 2.00 bits per heavy atom. The van der Waals surface area contributed by atoms with Gasteiger partial charge in [-0.3, -0.25) is 0 Å². The molecule has 1 heterocycles. The molecule has 0 saturated carbocycles. The molecule has 0 aliphatic carbocycles. The van der Waals surface area contributed by atoms with E-state index in [1.165, 1.54) is 18.3 Å². The maximum Gasteiger partial charge on any atom is 0.416 e. The predicted molar refractivity (Wildman–Crippen MR) is 71.2 cm³/mol. The zero-order valence-corrected chi connectivity index (χ0v) is 11.8. The van der Waals surface area contributed by atoms with Gasteiger partial charge in [-0.25, -0.2) is 9.13 Å². The fourth-order valence-corrected chi connectivity index (χ4v) is 1.91. The molecule has 0 fully saturated rings. The Morgan fingerprint density at radius 1 is 1.32 bits per heavy atom. The average molecular weight is 314 g/mol. The number of oxime groups is 1. The third kappa shape index (κ3) is 3.85. The van der Waals surface area contributed by atoms with Gasteiger partial charge in [-0.15, -0.1) is 0 Å². The minimum atomic E-state index is -4.34. The van der Waals surface area contributed by atoms with Gasteiger partial charge in [0.15, 0.2) is 12.9 Å². The van der Waals surface area contributed by atoms with Crippen LogP contribution in [0.1, 0.15) is 17.0 Å². The summed E-state index contributed by atoms with van der Waals surface area (Å²) < 4.78 is 46.2. The summed E-state index contributed by atoms with van der Waals surface area (Å²) in [6, 6.07) is 4.82. The molecule has 0 bridgehead atoms. The van der Waals surface area contributed by atoms with E-state index in [1.807, 2.05) is 0 Å². The number of imidazole rings is 1. The number of rotatable bonds is 5. The van der Waals surface area contributed by atoms with Gasteiger partial charge in [-0.1, -0.05) is 17.3 Å². The second-order valence-electron chi connectivity index (χ2n) is 4.65. The van der Waals surface area contributed by atoms with Crippen LogP contribution in [0.15, 0.2) is 41.8 Å². The Bertz CT molecular complexity index is 648. The Balaban J connectivity index is 1.94. The highest BCUT2D eigenvalue weighted by Crippen LogP contribution is 2.29. The first-order valence-corrected chi connectivity index (χ1v) is 6.38. The van der Waals surface area contributed by atoms with E-state index in [0.717, 1.165) is 12.1 Å². The smallest absolute Gasteiger partial charge is 0.411 e. The first-order chi connectivity index (χ1) is 10.4. The Kier molecular flexibility index (Phi) is 4.81. The van der Waals surface area contributed by atoms with Crippen molar-refractivity contribution in [2.75, 3.05) is 0 Å². The zero-order valence-electron chi connectivity index (χ0n) is 11.8. The zero-order chi connectivity index (χ0) is 16.2. The van der Waals surface area contributed by atoms with Crippen molar-refractivity contribution in [3.8, 4) is 0 Å². The molecule has 0 unspecified atom stereocenters. The highest BCUT2D eigenvalue weighted by atomic mass is 19.4. The van der Waals surface area contributed by atoms with Crippen molar-refractivity contribution in [3.63, 3.8) is 0 Å². The van der Waals surface area contributed by atoms with Crippen LogP contribution in [0.5, 0.6) is 0 Å². The standard InChI is InChI=1S/C14H14F3N3O2/c1-19-6-7-20(13(19)8-18-21)10-22-9-11-2-4-12(5-3-11)14(15,16)17/h2-8H,9-10H2,1H3/p+1. The molecular formula is C14H15F3N3O2+. The molecule has 0 amide bonds. The van der Waals surface area contributed by atoms with Gasteiger partial charge in [0.05, 0.1) is 19.2 Å². The summed E-state index contributed by atoms with van der Waals surface area (Å²) in [5.41, 5.74) is -0.0444. The van der Waals surface area contributed by atoms with E-state index in [2.05, 4.69) is 5.16 Å². The van der Waals surface area contributed by atoms with E-state index >= 15 is 0 Å². The van der Waals surface area contributed by atoms with Gasteiger partial charge in [0, 0.05) is 0 Å². The van der Waals surface area contributed by atoms with Crippen molar-refractivity contribution < 1.29 is 27.7 Å². The van der Waals surface area contributed by atoms with Gasteiger partial charge < -0.3 is 9.94 Å². The Hall–Kier alpha value is -2.35. The number of hydrogen-bond donors (Lipinski definition) is 1. The predicted octanol–water partition coefficient (Wildman–Crippen LogP) is 2.31.